The number of morpholine rings is 1. The van der Waals surface area contributed by atoms with Crippen molar-refractivity contribution >= 4 is 5.69 Å². The second kappa shape index (κ2) is 7.70. The third kappa shape index (κ3) is 4.08. The third-order valence-corrected chi connectivity index (χ3v) is 4.05. The number of halogens is 1. The van der Waals surface area contributed by atoms with E-state index in [1.807, 2.05) is 25.1 Å². The summed E-state index contributed by atoms with van der Waals surface area (Å²) in [6.45, 7) is 5.00. The number of pyridine rings is 1. The van der Waals surface area contributed by atoms with E-state index in [9.17, 15) is 4.39 Å². The number of nitrogens with one attached hydrogen (secondary N) is 2. The van der Waals surface area contributed by atoms with Gasteiger partial charge in [0, 0.05) is 43.1 Å². The molecule has 1 atom stereocenters. The first-order valence-electron chi connectivity index (χ1n) is 8.18. The fraction of sp³-hybridized carbons (Fsp3) is 0.389. The Morgan fingerprint density at radius 3 is 2.96 bits per heavy atom. The molecule has 1 fully saturated rings. The Morgan fingerprint density at radius 2 is 2.25 bits per heavy atom. The zero-order chi connectivity index (χ0) is 16.9. The molecule has 0 aliphatic carbocycles. The molecular formula is C18H23FN4O. The van der Waals surface area contributed by atoms with Crippen LogP contribution in [-0.2, 0) is 17.8 Å². The summed E-state index contributed by atoms with van der Waals surface area (Å²) >= 11 is 0. The SMILES string of the molecule is Cc1cc(CNc2ccc([C@H]3CNCCO3)c(F)c2)cc(CN)n1. The molecule has 1 aromatic heterocycles. The van der Waals surface area contributed by atoms with Crippen LogP contribution in [0.3, 0.4) is 0 Å². The minimum Gasteiger partial charge on any atom is -0.381 e. The van der Waals surface area contributed by atoms with Crippen LogP contribution in [0.25, 0.3) is 0 Å². The lowest BCUT2D eigenvalue weighted by Gasteiger charge is -2.24. The van der Waals surface area contributed by atoms with E-state index in [0.717, 1.165) is 29.2 Å². The smallest absolute Gasteiger partial charge is 0.131 e. The van der Waals surface area contributed by atoms with Gasteiger partial charge in [-0.25, -0.2) is 4.39 Å². The fourth-order valence-corrected chi connectivity index (χ4v) is 2.89. The minimum atomic E-state index is -0.248. The number of aromatic nitrogens is 1. The summed E-state index contributed by atoms with van der Waals surface area (Å²) in [6.07, 6.45) is -0.220. The molecular weight excluding hydrogens is 307 g/mol. The standard InChI is InChI=1S/C18H23FN4O/c1-12-6-13(7-15(9-20)23-12)10-22-14-2-3-16(17(19)8-14)18-11-21-4-5-24-18/h2-3,6-8,18,21-22H,4-5,9-11,20H2,1H3/t18-/m1/s1. The first kappa shape index (κ1) is 16.8. The number of hydrogen-bond acceptors (Lipinski definition) is 5. The monoisotopic (exact) mass is 330 g/mol. The van der Waals surface area contributed by atoms with Gasteiger partial charge in [0.05, 0.1) is 18.4 Å². The largest absolute Gasteiger partial charge is 0.381 e. The molecule has 4 N–H and O–H groups in total. The van der Waals surface area contributed by atoms with Gasteiger partial charge < -0.3 is 21.1 Å². The average molecular weight is 330 g/mol. The highest BCUT2D eigenvalue weighted by atomic mass is 19.1. The van der Waals surface area contributed by atoms with Crippen molar-refractivity contribution in [3.63, 3.8) is 0 Å². The van der Waals surface area contributed by atoms with Crippen LogP contribution in [0.1, 0.15) is 28.6 Å². The first-order chi connectivity index (χ1) is 11.7. The van der Waals surface area contributed by atoms with E-state index in [1.165, 1.54) is 6.07 Å². The number of nitrogens with zero attached hydrogens (tertiary/aromatic N) is 1. The van der Waals surface area contributed by atoms with Crippen LogP contribution in [0.15, 0.2) is 30.3 Å². The predicted molar refractivity (Wildman–Crippen MR) is 92.2 cm³/mol. The molecule has 0 unspecified atom stereocenters. The van der Waals surface area contributed by atoms with Crippen molar-refractivity contribution in [1.29, 1.82) is 0 Å². The molecule has 1 saturated heterocycles. The van der Waals surface area contributed by atoms with E-state index in [4.69, 9.17) is 10.5 Å². The summed E-state index contributed by atoms with van der Waals surface area (Å²) in [5, 5.41) is 6.46. The number of benzene rings is 1. The van der Waals surface area contributed by atoms with Crippen LogP contribution in [0.4, 0.5) is 10.1 Å². The summed E-state index contributed by atoms with van der Waals surface area (Å²) in [7, 11) is 0. The molecule has 5 nitrogen and oxygen atoms in total. The maximum absolute atomic E-state index is 14.4. The Hall–Kier alpha value is -2.02. The molecule has 24 heavy (non-hydrogen) atoms. The zero-order valence-electron chi connectivity index (χ0n) is 13.8. The number of nitrogens with two attached hydrogens (primary N) is 1. The van der Waals surface area contributed by atoms with Gasteiger partial charge in [-0.2, -0.15) is 0 Å². The second-order valence-corrected chi connectivity index (χ2v) is 5.97. The van der Waals surface area contributed by atoms with E-state index in [1.54, 1.807) is 6.07 Å². The molecule has 6 heteroatoms. The lowest BCUT2D eigenvalue weighted by molar-refractivity contribution is 0.0255. The summed E-state index contributed by atoms with van der Waals surface area (Å²) in [5.74, 6) is -0.248. The Labute approximate surface area is 141 Å². The molecule has 0 bridgehead atoms. The van der Waals surface area contributed by atoms with E-state index < -0.39 is 0 Å². The van der Waals surface area contributed by atoms with E-state index in [2.05, 4.69) is 15.6 Å². The number of aryl methyl sites for hydroxylation is 1. The maximum Gasteiger partial charge on any atom is 0.131 e. The van der Waals surface area contributed by atoms with E-state index >= 15 is 0 Å². The van der Waals surface area contributed by atoms with Gasteiger partial charge in [-0.05, 0) is 36.8 Å². The predicted octanol–water partition coefficient (Wildman–Crippen LogP) is 2.26. The summed E-state index contributed by atoms with van der Waals surface area (Å²) in [5.41, 5.74) is 9.85. The van der Waals surface area contributed by atoms with Crippen LogP contribution in [0.5, 0.6) is 0 Å². The van der Waals surface area contributed by atoms with Gasteiger partial charge in [0.25, 0.3) is 0 Å². The van der Waals surface area contributed by atoms with Crippen LogP contribution in [0, 0.1) is 12.7 Å². The lowest BCUT2D eigenvalue weighted by Crippen LogP contribution is -2.33. The number of ether oxygens (including phenoxy) is 1. The lowest BCUT2D eigenvalue weighted by atomic mass is 10.1. The molecule has 0 saturated carbocycles. The van der Waals surface area contributed by atoms with Crippen LogP contribution in [-0.4, -0.2) is 24.7 Å². The van der Waals surface area contributed by atoms with Crippen molar-refractivity contribution < 1.29 is 9.13 Å². The Kier molecular flexibility index (Phi) is 5.40. The first-order valence-corrected chi connectivity index (χ1v) is 8.18. The highest BCUT2D eigenvalue weighted by Gasteiger charge is 2.19. The molecule has 2 aromatic rings. The van der Waals surface area contributed by atoms with Crippen molar-refractivity contribution in [2.24, 2.45) is 5.73 Å². The van der Waals surface area contributed by atoms with Crippen LogP contribution in [0.2, 0.25) is 0 Å². The van der Waals surface area contributed by atoms with Crippen LogP contribution < -0.4 is 16.4 Å². The number of rotatable bonds is 5. The summed E-state index contributed by atoms with van der Waals surface area (Å²) in [6, 6.07) is 9.16. The molecule has 2 heterocycles. The summed E-state index contributed by atoms with van der Waals surface area (Å²) < 4.78 is 20.0. The molecule has 0 amide bonds. The van der Waals surface area contributed by atoms with Gasteiger partial charge in [-0.15, -0.1) is 0 Å². The number of anilines is 1. The molecule has 0 spiro atoms. The minimum absolute atomic E-state index is 0.220. The molecule has 128 valence electrons. The Morgan fingerprint density at radius 1 is 1.38 bits per heavy atom. The Bertz CT molecular complexity index is 701. The third-order valence-electron chi connectivity index (χ3n) is 4.05. The van der Waals surface area contributed by atoms with Gasteiger partial charge in [-0.3, -0.25) is 4.98 Å². The van der Waals surface area contributed by atoms with Crippen molar-refractivity contribution in [3.8, 4) is 0 Å². The Balaban J connectivity index is 1.67. The number of hydrogen-bond donors (Lipinski definition) is 3. The average Bonchev–Trinajstić information content (AvgIpc) is 2.60. The van der Waals surface area contributed by atoms with Crippen molar-refractivity contribution in [2.45, 2.75) is 26.1 Å². The molecule has 1 aliphatic heterocycles. The van der Waals surface area contributed by atoms with Gasteiger partial charge in [-0.1, -0.05) is 6.07 Å². The molecule has 1 aliphatic rings. The van der Waals surface area contributed by atoms with Gasteiger partial charge in [0.1, 0.15) is 5.82 Å². The molecule has 3 rings (SSSR count). The molecule has 0 radical (unpaired) electrons. The second-order valence-electron chi connectivity index (χ2n) is 5.97. The highest BCUT2D eigenvalue weighted by molar-refractivity contribution is 5.46. The van der Waals surface area contributed by atoms with E-state index in [-0.39, 0.29) is 11.9 Å². The van der Waals surface area contributed by atoms with Gasteiger partial charge in [0.2, 0.25) is 0 Å². The summed E-state index contributed by atoms with van der Waals surface area (Å²) in [4.78, 5) is 4.35. The van der Waals surface area contributed by atoms with Crippen molar-refractivity contribution in [1.82, 2.24) is 10.3 Å². The van der Waals surface area contributed by atoms with Crippen LogP contribution >= 0.6 is 0 Å². The van der Waals surface area contributed by atoms with Crippen molar-refractivity contribution in [3.05, 3.63) is 58.7 Å². The van der Waals surface area contributed by atoms with Gasteiger partial charge >= 0.3 is 0 Å². The van der Waals surface area contributed by atoms with Crippen molar-refractivity contribution in [2.75, 3.05) is 25.0 Å². The topological polar surface area (TPSA) is 72.2 Å². The molecule has 1 aromatic carbocycles. The highest BCUT2D eigenvalue weighted by Crippen LogP contribution is 2.24. The normalized spacial score (nSPS) is 17.7. The van der Waals surface area contributed by atoms with E-state index in [0.29, 0.717) is 31.8 Å². The fourth-order valence-electron chi connectivity index (χ4n) is 2.89. The van der Waals surface area contributed by atoms with Gasteiger partial charge in [0.15, 0.2) is 0 Å². The maximum atomic E-state index is 14.4. The quantitative estimate of drug-likeness (QED) is 0.784. The zero-order valence-corrected chi connectivity index (χ0v) is 13.8.